The van der Waals surface area contributed by atoms with Crippen LogP contribution in [0.25, 0.3) is 0 Å². The number of aliphatic hydroxyl groups excluding tert-OH is 1. The van der Waals surface area contributed by atoms with Crippen LogP contribution in [0, 0.1) is 12.3 Å². The fraction of sp³-hybridized carbons (Fsp3) is 0.615. The summed E-state index contributed by atoms with van der Waals surface area (Å²) in [6.45, 7) is 7.38. The third-order valence-corrected chi connectivity index (χ3v) is 2.94. The number of hydrogen-bond acceptors (Lipinski definition) is 4. The normalized spacial score (nSPS) is 11.8. The molecule has 5 nitrogen and oxygen atoms in total. The smallest absolute Gasteiger partial charge is 0.371 e. The third-order valence-electron chi connectivity index (χ3n) is 2.94. The molecule has 1 rings (SSSR count). The Balaban J connectivity index is 2.51. The predicted octanol–water partition coefficient (Wildman–Crippen LogP) is 1.78. The summed E-state index contributed by atoms with van der Waals surface area (Å²) >= 11 is 0. The van der Waals surface area contributed by atoms with E-state index in [1.54, 1.807) is 13.0 Å². The van der Waals surface area contributed by atoms with Gasteiger partial charge in [-0.1, -0.05) is 13.8 Å². The maximum absolute atomic E-state index is 10.7. The number of aryl methyl sites for hydroxylation is 1. The van der Waals surface area contributed by atoms with Gasteiger partial charge in [-0.15, -0.1) is 0 Å². The monoisotopic (exact) mass is 255 g/mol. The van der Waals surface area contributed by atoms with Crippen molar-refractivity contribution in [3.05, 3.63) is 23.2 Å². The molecule has 0 bridgehead atoms. The van der Waals surface area contributed by atoms with Gasteiger partial charge in [0.1, 0.15) is 5.76 Å². The van der Waals surface area contributed by atoms with E-state index in [-0.39, 0.29) is 17.8 Å². The Labute approximate surface area is 107 Å². The lowest BCUT2D eigenvalue weighted by Crippen LogP contribution is -2.29. The van der Waals surface area contributed by atoms with Crippen molar-refractivity contribution in [2.45, 2.75) is 33.7 Å². The topological polar surface area (TPSA) is 82.7 Å². The van der Waals surface area contributed by atoms with E-state index in [1.807, 2.05) is 0 Å². The highest BCUT2D eigenvalue weighted by Gasteiger charge is 2.17. The minimum atomic E-state index is -1.05. The van der Waals surface area contributed by atoms with Crippen LogP contribution in [0.2, 0.25) is 0 Å². The van der Waals surface area contributed by atoms with Crippen LogP contribution in [-0.2, 0) is 6.54 Å². The highest BCUT2D eigenvalue weighted by atomic mass is 16.4. The number of nitrogens with one attached hydrogen (secondary N) is 1. The molecule has 1 aromatic rings. The van der Waals surface area contributed by atoms with E-state index in [0.29, 0.717) is 12.3 Å². The van der Waals surface area contributed by atoms with Gasteiger partial charge in [0.05, 0.1) is 0 Å². The first-order chi connectivity index (χ1) is 8.35. The number of carboxylic acids is 1. The van der Waals surface area contributed by atoms with Gasteiger partial charge in [-0.25, -0.2) is 4.79 Å². The van der Waals surface area contributed by atoms with Crippen molar-refractivity contribution < 1.29 is 19.4 Å². The lowest BCUT2D eigenvalue weighted by Gasteiger charge is -2.23. The third kappa shape index (κ3) is 4.16. The van der Waals surface area contributed by atoms with Gasteiger partial charge in [0, 0.05) is 25.3 Å². The molecule has 1 heterocycles. The summed E-state index contributed by atoms with van der Waals surface area (Å²) in [5.41, 5.74) is 0.870. The summed E-state index contributed by atoms with van der Waals surface area (Å²) < 4.78 is 5.13. The fourth-order valence-corrected chi connectivity index (χ4v) is 1.73. The minimum Gasteiger partial charge on any atom is -0.475 e. The molecule has 0 aliphatic heterocycles. The van der Waals surface area contributed by atoms with Crippen LogP contribution in [0.5, 0.6) is 0 Å². The second-order valence-electron chi connectivity index (χ2n) is 5.24. The molecule has 1 aromatic heterocycles. The van der Waals surface area contributed by atoms with Crippen LogP contribution < -0.4 is 5.32 Å². The molecule has 102 valence electrons. The van der Waals surface area contributed by atoms with Crippen molar-refractivity contribution in [3.8, 4) is 0 Å². The zero-order valence-corrected chi connectivity index (χ0v) is 11.1. The molecule has 18 heavy (non-hydrogen) atoms. The second-order valence-corrected chi connectivity index (χ2v) is 5.24. The molecule has 0 aliphatic carbocycles. The Hall–Kier alpha value is -1.33. The van der Waals surface area contributed by atoms with E-state index in [9.17, 15) is 4.79 Å². The van der Waals surface area contributed by atoms with Gasteiger partial charge in [0.15, 0.2) is 0 Å². The molecule has 0 aromatic carbocycles. The predicted molar refractivity (Wildman–Crippen MR) is 67.6 cm³/mol. The van der Waals surface area contributed by atoms with E-state index < -0.39 is 5.97 Å². The first-order valence-electron chi connectivity index (χ1n) is 6.00. The van der Waals surface area contributed by atoms with Crippen LogP contribution in [0.1, 0.15) is 42.1 Å². The number of carboxylic acid groups (broad SMARTS) is 1. The Morgan fingerprint density at radius 1 is 1.50 bits per heavy atom. The van der Waals surface area contributed by atoms with Crippen LogP contribution in [0.4, 0.5) is 0 Å². The van der Waals surface area contributed by atoms with Gasteiger partial charge in [0.25, 0.3) is 0 Å². The van der Waals surface area contributed by atoms with Crippen molar-refractivity contribution in [2.24, 2.45) is 5.41 Å². The minimum absolute atomic E-state index is 0.0159. The summed E-state index contributed by atoms with van der Waals surface area (Å²) in [5, 5.41) is 21.0. The van der Waals surface area contributed by atoms with Crippen LogP contribution in [0.3, 0.4) is 0 Å². The van der Waals surface area contributed by atoms with Crippen molar-refractivity contribution in [1.29, 1.82) is 0 Å². The highest BCUT2D eigenvalue weighted by Crippen LogP contribution is 2.19. The van der Waals surface area contributed by atoms with Gasteiger partial charge in [0.2, 0.25) is 5.76 Å². The molecule has 0 atom stereocenters. The molecule has 0 spiro atoms. The molecular formula is C13H21NO4. The number of hydrogen-bond donors (Lipinski definition) is 3. The van der Waals surface area contributed by atoms with E-state index in [4.69, 9.17) is 14.6 Å². The van der Waals surface area contributed by atoms with Crippen molar-refractivity contribution in [3.63, 3.8) is 0 Å². The molecule has 0 fully saturated rings. The summed E-state index contributed by atoms with van der Waals surface area (Å²) in [4.78, 5) is 10.7. The zero-order valence-electron chi connectivity index (χ0n) is 11.1. The Bertz CT molecular complexity index is 409. The average Bonchev–Trinajstić information content (AvgIpc) is 2.60. The van der Waals surface area contributed by atoms with E-state index in [2.05, 4.69) is 19.2 Å². The van der Waals surface area contributed by atoms with E-state index in [0.717, 1.165) is 18.5 Å². The standard InChI is InChI=1S/C13H21NO4/c1-9-10(6-11(18-9)12(16)17)7-14-8-13(2,3)4-5-15/h6,14-15H,4-5,7-8H2,1-3H3,(H,16,17). The van der Waals surface area contributed by atoms with Crippen LogP contribution in [0.15, 0.2) is 10.5 Å². The van der Waals surface area contributed by atoms with Gasteiger partial charge in [-0.05, 0) is 24.8 Å². The number of carbonyl (C=O) groups is 1. The van der Waals surface area contributed by atoms with E-state index in [1.165, 1.54) is 0 Å². The molecule has 0 aliphatic rings. The van der Waals surface area contributed by atoms with Gasteiger partial charge < -0.3 is 19.9 Å². The largest absolute Gasteiger partial charge is 0.475 e. The highest BCUT2D eigenvalue weighted by molar-refractivity contribution is 5.84. The van der Waals surface area contributed by atoms with Gasteiger partial charge in [-0.3, -0.25) is 0 Å². The fourth-order valence-electron chi connectivity index (χ4n) is 1.73. The lowest BCUT2D eigenvalue weighted by atomic mass is 9.90. The first kappa shape index (κ1) is 14.7. The van der Waals surface area contributed by atoms with Gasteiger partial charge in [-0.2, -0.15) is 0 Å². The Kier molecular flexibility index (Phi) is 4.93. The average molecular weight is 255 g/mol. The SMILES string of the molecule is Cc1oc(C(=O)O)cc1CNCC(C)(C)CCO. The summed E-state index contributed by atoms with van der Waals surface area (Å²) in [5.74, 6) is -0.455. The molecule has 5 heteroatoms. The molecule has 0 radical (unpaired) electrons. The molecule has 0 saturated carbocycles. The molecule has 0 amide bonds. The van der Waals surface area contributed by atoms with Gasteiger partial charge >= 0.3 is 5.97 Å². The number of aliphatic hydroxyl groups is 1. The Morgan fingerprint density at radius 2 is 2.17 bits per heavy atom. The van der Waals surface area contributed by atoms with Crippen LogP contribution in [-0.4, -0.2) is 29.3 Å². The summed E-state index contributed by atoms with van der Waals surface area (Å²) in [7, 11) is 0. The number of aromatic carboxylic acids is 1. The first-order valence-corrected chi connectivity index (χ1v) is 6.00. The van der Waals surface area contributed by atoms with Crippen molar-refractivity contribution in [1.82, 2.24) is 5.32 Å². The molecule has 3 N–H and O–H groups in total. The Morgan fingerprint density at radius 3 is 2.67 bits per heavy atom. The molecular weight excluding hydrogens is 234 g/mol. The number of rotatable bonds is 7. The van der Waals surface area contributed by atoms with Crippen molar-refractivity contribution >= 4 is 5.97 Å². The second kappa shape index (κ2) is 6.02. The molecule has 0 saturated heterocycles. The van der Waals surface area contributed by atoms with E-state index >= 15 is 0 Å². The molecule has 0 unspecified atom stereocenters. The summed E-state index contributed by atoms with van der Waals surface area (Å²) in [6.07, 6.45) is 0.727. The van der Waals surface area contributed by atoms with Crippen LogP contribution >= 0.6 is 0 Å². The van der Waals surface area contributed by atoms with Crippen molar-refractivity contribution in [2.75, 3.05) is 13.2 Å². The zero-order chi connectivity index (χ0) is 13.8. The maximum Gasteiger partial charge on any atom is 0.371 e. The summed E-state index contributed by atoms with van der Waals surface area (Å²) in [6, 6.07) is 1.55. The number of furan rings is 1. The lowest BCUT2D eigenvalue weighted by molar-refractivity contribution is 0.0661. The quantitative estimate of drug-likeness (QED) is 0.692. The maximum atomic E-state index is 10.7.